The van der Waals surface area contributed by atoms with Crippen LogP contribution < -0.4 is 5.48 Å². The number of pyridine rings is 1. The summed E-state index contributed by atoms with van der Waals surface area (Å²) < 4.78 is 0. The Kier molecular flexibility index (Phi) is 4.22. The van der Waals surface area contributed by atoms with Crippen LogP contribution in [0.25, 0.3) is 0 Å². The van der Waals surface area contributed by atoms with E-state index >= 15 is 0 Å². The van der Waals surface area contributed by atoms with Crippen LogP contribution >= 0.6 is 0 Å². The summed E-state index contributed by atoms with van der Waals surface area (Å²) in [5, 5.41) is 8.76. The standard InChI is InChI=1S/C16H23N3O2/c1-2-13-8-15-12(7-11(9-17-15)16(20)18-21)10-19(13)14-5-3-4-6-14/h7,9,13-14,21H,2-6,8,10H2,1H3,(H,18,20)/t13-/m1/s1. The van der Waals surface area contributed by atoms with Gasteiger partial charge >= 0.3 is 0 Å². The Bertz CT molecular complexity index is 526. The van der Waals surface area contributed by atoms with Crippen molar-refractivity contribution in [3.63, 3.8) is 0 Å². The summed E-state index contributed by atoms with van der Waals surface area (Å²) in [6.07, 6.45) is 8.89. The van der Waals surface area contributed by atoms with E-state index in [-0.39, 0.29) is 0 Å². The van der Waals surface area contributed by atoms with E-state index in [1.165, 1.54) is 25.7 Å². The molecule has 0 bridgehead atoms. The van der Waals surface area contributed by atoms with Crippen LogP contribution in [-0.4, -0.2) is 33.1 Å². The van der Waals surface area contributed by atoms with Crippen LogP contribution in [0.1, 0.15) is 60.6 Å². The van der Waals surface area contributed by atoms with Crippen LogP contribution in [0.15, 0.2) is 12.3 Å². The van der Waals surface area contributed by atoms with Gasteiger partial charge in [0.2, 0.25) is 0 Å². The van der Waals surface area contributed by atoms with E-state index in [9.17, 15) is 4.79 Å². The molecule has 0 radical (unpaired) electrons. The minimum atomic E-state index is -0.490. The second kappa shape index (κ2) is 6.12. The highest BCUT2D eigenvalue weighted by Gasteiger charge is 2.32. The third-order valence-corrected chi connectivity index (χ3v) is 4.94. The van der Waals surface area contributed by atoms with E-state index < -0.39 is 5.91 Å². The number of hydroxylamine groups is 1. The Morgan fingerprint density at radius 2 is 2.24 bits per heavy atom. The molecule has 3 rings (SSSR count). The maximum atomic E-state index is 11.5. The highest BCUT2D eigenvalue weighted by Crippen LogP contribution is 2.32. The lowest BCUT2D eigenvalue weighted by Gasteiger charge is -2.40. The van der Waals surface area contributed by atoms with Gasteiger partial charge in [0.1, 0.15) is 0 Å². The molecule has 2 aliphatic rings. The highest BCUT2D eigenvalue weighted by atomic mass is 16.5. The predicted octanol–water partition coefficient (Wildman–Crippen LogP) is 2.28. The fraction of sp³-hybridized carbons (Fsp3) is 0.625. The number of carbonyl (C=O) groups is 1. The fourth-order valence-electron chi connectivity index (χ4n) is 3.76. The van der Waals surface area contributed by atoms with E-state index in [1.54, 1.807) is 11.7 Å². The monoisotopic (exact) mass is 289 g/mol. The van der Waals surface area contributed by atoms with Gasteiger partial charge in [-0.1, -0.05) is 19.8 Å². The number of aromatic nitrogens is 1. The summed E-state index contributed by atoms with van der Waals surface area (Å²) in [6.45, 7) is 3.11. The van der Waals surface area contributed by atoms with Crippen molar-refractivity contribution >= 4 is 5.91 Å². The fourth-order valence-corrected chi connectivity index (χ4v) is 3.76. The minimum Gasteiger partial charge on any atom is -0.293 e. The molecule has 21 heavy (non-hydrogen) atoms. The van der Waals surface area contributed by atoms with Gasteiger partial charge in [0.15, 0.2) is 0 Å². The zero-order valence-electron chi connectivity index (χ0n) is 12.5. The van der Waals surface area contributed by atoms with Gasteiger partial charge in [-0.3, -0.25) is 19.9 Å². The van der Waals surface area contributed by atoms with Gasteiger partial charge in [-0.2, -0.15) is 0 Å². The van der Waals surface area contributed by atoms with Crippen LogP contribution in [0, 0.1) is 0 Å². The molecule has 1 aliphatic carbocycles. The molecule has 2 heterocycles. The summed E-state index contributed by atoms with van der Waals surface area (Å²) in [6, 6.07) is 3.12. The van der Waals surface area contributed by atoms with Crippen molar-refractivity contribution in [3.8, 4) is 0 Å². The van der Waals surface area contributed by atoms with Crippen molar-refractivity contribution < 1.29 is 10.0 Å². The molecule has 1 aromatic heterocycles. The van der Waals surface area contributed by atoms with Crippen LogP contribution in [0.2, 0.25) is 0 Å². The summed E-state index contributed by atoms with van der Waals surface area (Å²) in [7, 11) is 0. The summed E-state index contributed by atoms with van der Waals surface area (Å²) in [4.78, 5) is 18.6. The predicted molar refractivity (Wildman–Crippen MR) is 79.1 cm³/mol. The van der Waals surface area contributed by atoms with Crippen LogP contribution in [0.3, 0.4) is 0 Å². The second-order valence-electron chi connectivity index (χ2n) is 6.15. The zero-order chi connectivity index (χ0) is 14.8. The topological polar surface area (TPSA) is 65.5 Å². The first-order valence-corrected chi connectivity index (χ1v) is 7.91. The molecule has 1 aliphatic heterocycles. The van der Waals surface area contributed by atoms with Gasteiger partial charge in [0.05, 0.1) is 5.56 Å². The van der Waals surface area contributed by atoms with Crippen molar-refractivity contribution in [2.24, 2.45) is 0 Å². The van der Waals surface area contributed by atoms with E-state index in [1.807, 2.05) is 6.07 Å². The highest BCUT2D eigenvalue weighted by molar-refractivity contribution is 5.93. The van der Waals surface area contributed by atoms with E-state index in [0.717, 1.165) is 30.6 Å². The molecule has 0 saturated heterocycles. The molecule has 114 valence electrons. The Balaban J connectivity index is 1.87. The average Bonchev–Trinajstić information content (AvgIpc) is 3.06. The van der Waals surface area contributed by atoms with Crippen molar-refractivity contribution in [2.45, 2.75) is 64.1 Å². The summed E-state index contributed by atoms with van der Waals surface area (Å²) in [5.41, 5.74) is 4.34. The first-order valence-electron chi connectivity index (χ1n) is 7.91. The van der Waals surface area contributed by atoms with Crippen LogP contribution in [0.4, 0.5) is 0 Å². The molecule has 0 spiro atoms. The minimum absolute atomic E-state index is 0.428. The molecule has 1 amide bonds. The third kappa shape index (κ3) is 2.80. The molecule has 1 fully saturated rings. The smallest absolute Gasteiger partial charge is 0.276 e. The number of hydrogen-bond donors (Lipinski definition) is 2. The van der Waals surface area contributed by atoms with Gasteiger partial charge in [-0.25, -0.2) is 5.48 Å². The molecule has 0 unspecified atom stereocenters. The number of fused-ring (bicyclic) bond motifs is 1. The summed E-state index contributed by atoms with van der Waals surface area (Å²) >= 11 is 0. The Labute approximate surface area is 125 Å². The van der Waals surface area contributed by atoms with Crippen LogP contribution in [-0.2, 0) is 13.0 Å². The molecule has 2 N–H and O–H groups in total. The molecule has 0 aromatic carbocycles. The first-order chi connectivity index (χ1) is 10.2. The molecular weight excluding hydrogens is 266 g/mol. The maximum absolute atomic E-state index is 11.5. The Hall–Kier alpha value is -1.46. The normalized spacial score (nSPS) is 23.0. The average molecular weight is 289 g/mol. The number of nitrogens with one attached hydrogen (secondary N) is 1. The van der Waals surface area contributed by atoms with Crippen molar-refractivity contribution in [3.05, 3.63) is 29.1 Å². The number of amides is 1. The van der Waals surface area contributed by atoms with Gasteiger partial charge < -0.3 is 0 Å². The van der Waals surface area contributed by atoms with Crippen molar-refractivity contribution in [2.75, 3.05) is 0 Å². The van der Waals surface area contributed by atoms with Gasteiger partial charge in [0.25, 0.3) is 5.91 Å². The number of carbonyl (C=O) groups excluding carboxylic acids is 1. The number of rotatable bonds is 3. The number of hydrogen-bond acceptors (Lipinski definition) is 4. The van der Waals surface area contributed by atoms with E-state index in [2.05, 4.69) is 16.8 Å². The van der Waals surface area contributed by atoms with Gasteiger partial charge in [-0.05, 0) is 30.9 Å². The zero-order valence-corrected chi connectivity index (χ0v) is 12.5. The quantitative estimate of drug-likeness (QED) is 0.662. The third-order valence-electron chi connectivity index (χ3n) is 4.94. The van der Waals surface area contributed by atoms with Gasteiger partial charge in [-0.15, -0.1) is 0 Å². The Morgan fingerprint density at radius 1 is 1.48 bits per heavy atom. The first kappa shape index (κ1) is 14.5. The van der Waals surface area contributed by atoms with Crippen molar-refractivity contribution in [1.29, 1.82) is 0 Å². The van der Waals surface area contributed by atoms with Crippen LogP contribution in [0.5, 0.6) is 0 Å². The lowest BCUT2D eigenvalue weighted by atomic mass is 9.93. The largest absolute Gasteiger partial charge is 0.293 e. The SMILES string of the molecule is CC[C@@H]1Cc2ncc(C(=O)NO)cc2CN1C1CCCC1. The van der Waals surface area contributed by atoms with E-state index in [0.29, 0.717) is 17.6 Å². The van der Waals surface area contributed by atoms with Gasteiger partial charge in [0, 0.05) is 36.9 Å². The summed E-state index contributed by atoms with van der Waals surface area (Å²) in [5.74, 6) is -0.490. The molecule has 1 aromatic rings. The van der Waals surface area contributed by atoms with Crippen molar-refractivity contribution in [1.82, 2.24) is 15.4 Å². The lowest BCUT2D eigenvalue weighted by Crippen LogP contribution is -2.45. The lowest BCUT2D eigenvalue weighted by molar-refractivity contribution is 0.0705. The molecular formula is C16H23N3O2. The Morgan fingerprint density at radius 3 is 2.90 bits per heavy atom. The van der Waals surface area contributed by atoms with E-state index in [4.69, 9.17) is 5.21 Å². The molecule has 1 saturated carbocycles. The second-order valence-corrected chi connectivity index (χ2v) is 6.15. The molecule has 5 nitrogen and oxygen atoms in total. The molecule has 5 heteroatoms. The number of nitrogens with zero attached hydrogens (tertiary/aromatic N) is 2. The maximum Gasteiger partial charge on any atom is 0.276 e. The molecule has 1 atom stereocenters.